The molecule has 2 amide bonds. The molecule has 1 aliphatic carbocycles. The first-order valence-electron chi connectivity index (χ1n) is 15.2. The molecule has 0 bridgehead atoms. The Bertz CT molecular complexity index is 1100. The SMILES string of the molecule is C[C@@H]1C[C@H](N(C(=O)C(C)(C)C)C2CCC(C)(C)CC2)CN1C(=O)C1CN(C(C)(C)C)C[C@@H]1c1ccc(F)cc1F. The van der Waals surface area contributed by atoms with Gasteiger partial charge in [0.05, 0.1) is 12.0 Å². The molecule has 40 heavy (non-hydrogen) atoms. The number of benzene rings is 1. The summed E-state index contributed by atoms with van der Waals surface area (Å²) in [4.78, 5) is 34.5. The summed E-state index contributed by atoms with van der Waals surface area (Å²) in [5, 5.41) is 0. The van der Waals surface area contributed by atoms with E-state index in [0.29, 0.717) is 30.6 Å². The van der Waals surface area contributed by atoms with E-state index in [1.807, 2.05) is 25.7 Å². The molecule has 7 heteroatoms. The van der Waals surface area contributed by atoms with Gasteiger partial charge in [-0.2, -0.15) is 0 Å². The van der Waals surface area contributed by atoms with Crippen LogP contribution in [0, 0.1) is 28.4 Å². The standard InChI is InChI=1S/C33H51F2N3O2/c1-21-16-24(38(30(40)31(2,3)4)23-12-14-33(8,9)15-13-23)18-37(21)29(39)27-20-36(32(5,6)7)19-26(27)25-11-10-22(34)17-28(25)35/h10-11,17,21,23-24,26-27H,12-16,18-20H2,1-9H3/t21-,24+,26-,27?/m1/s1. The first-order valence-corrected chi connectivity index (χ1v) is 15.2. The van der Waals surface area contributed by atoms with Crippen molar-refractivity contribution in [3.05, 3.63) is 35.4 Å². The summed E-state index contributed by atoms with van der Waals surface area (Å²) in [6, 6.07) is 3.86. The van der Waals surface area contributed by atoms with Gasteiger partial charge in [0.25, 0.3) is 0 Å². The Labute approximate surface area is 240 Å². The van der Waals surface area contributed by atoms with Crippen LogP contribution in [0.3, 0.4) is 0 Å². The van der Waals surface area contributed by atoms with Gasteiger partial charge in [0.15, 0.2) is 0 Å². The highest BCUT2D eigenvalue weighted by Gasteiger charge is 2.49. The van der Waals surface area contributed by atoms with Crippen molar-refractivity contribution in [1.29, 1.82) is 0 Å². The van der Waals surface area contributed by atoms with Crippen LogP contribution >= 0.6 is 0 Å². The van der Waals surface area contributed by atoms with Gasteiger partial charge in [-0.05, 0) is 76.8 Å². The average molecular weight is 560 g/mol. The largest absolute Gasteiger partial charge is 0.338 e. The Hall–Kier alpha value is -2.02. The van der Waals surface area contributed by atoms with Crippen LogP contribution in [-0.2, 0) is 9.59 Å². The second-order valence-corrected chi connectivity index (χ2v) is 15.5. The molecule has 2 heterocycles. The fourth-order valence-electron chi connectivity index (χ4n) is 7.12. The highest BCUT2D eigenvalue weighted by atomic mass is 19.1. The summed E-state index contributed by atoms with van der Waals surface area (Å²) < 4.78 is 28.8. The number of carbonyl (C=O) groups excluding carboxylic acids is 2. The predicted molar refractivity (Wildman–Crippen MR) is 156 cm³/mol. The van der Waals surface area contributed by atoms with Gasteiger partial charge < -0.3 is 9.80 Å². The number of halogens is 2. The summed E-state index contributed by atoms with van der Waals surface area (Å²) in [6.07, 6.45) is 4.91. The quantitative estimate of drug-likeness (QED) is 0.417. The Kier molecular flexibility index (Phi) is 8.50. The van der Waals surface area contributed by atoms with Gasteiger partial charge in [-0.1, -0.05) is 40.7 Å². The van der Waals surface area contributed by atoms with Crippen molar-refractivity contribution in [2.24, 2.45) is 16.7 Å². The van der Waals surface area contributed by atoms with Crippen LogP contribution in [0.4, 0.5) is 8.78 Å². The molecule has 0 radical (unpaired) electrons. The summed E-state index contributed by atoms with van der Waals surface area (Å²) in [7, 11) is 0. The summed E-state index contributed by atoms with van der Waals surface area (Å²) in [5.41, 5.74) is 0.0130. The number of amides is 2. The molecular weight excluding hydrogens is 508 g/mol. The molecule has 1 saturated carbocycles. The molecule has 0 N–H and O–H groups in total. The predicted octanol–water partition coefficient (Wildman–Crippen LogP) is 6.61. The minimum atomic E-state index is -0.611. The molecule has 5 nitrogen and oxygen atoms in total. The van der Waals surface area contributed by atoms with E-state index in [0.717, 1.165) is 38.2 Å². The molecule has 3 aliphatic rings. The van der Waals surface area contributed by atoms with Crippen LogP contribution in [-0.4, -0.2) is 69.8 Å². The molecule has 2 aliphatic heterocycles. The van der Waals surface area contributed by atoms with Crippen molar-refractivity contribution in [2.75, 3.05) is 19.6 Å². The first-order chi connectivity index (χ1) is 18.4. The minimum Gasteiger partial charge on any atom is -0.338 e. The van der Waals surface area contributed by atoms with Crippen molar-refractivity contribution in [2.45, 2.75) is 124 Å². The third kappa shape index (κ3) is 6.39. The Morgan fingerprint density at radius 2 is 1.57 bits per heavy atom. The normalized spacial score (nSPS) is 28.2. The Balaban J connectivity index is 1.60. The van der Waals surface area contributed by atoms with Crippen molar-refractivity contribution < 1.29 is 18.4 Å². The molecule has 1 aromatic carbocycles. The Morgan fingerprint density at radius 1 is 0.950 bits per heavy atom. The maximum absolute atomic E-state index is 15.0. The molecular formula is C33H51F2N3O2. The monoisotopic (exact) mass is 559 g/mol. The zero-order chi connectivity index (χ0) is 29.8. The Morgan fingerprint density at radius 3 is 2.12 bits per heavy atom. The number of carbonyl (C=O) groups is 2. The van der Waals surface area contributed by atoms with E-state index in [4.69, 9.17) is 0 Å². The molecule has 224 valence electrons. The van der Waals surface area contributed by atoms with E-state index in [-0.39, 0.29) is 41.4 Å². The highest BCUT2D eigenvalue weighted by molar-refractivity contribution is 5.83. The zero-order valence-corrected chi connectivity index (χ0v) is 26.2. The lowest BCUT2D eigenvalue weighted by Gasteiger charge is -2.45. The van der Waals surface area contributed by atoms with Crippen LogP contribution in [0.25, 0.3) is 0 Å². The van der Waals surface area contributed by atoms with E-state index in [2.05, 4.69) is 51.3 Å². The van der Waals surface area contributed by atoms with E-state index in [1.165, 1.54) is 12.1 Å². The molecule has 0 aromatic heterocycles. The zero-order valence-electron chi connectivity index (χ0n) is 26.2. The molecule has 4 atom stereocenters. The lowest BCUT2D eigenvalue weighted by molar-refractivity contribution is -0.147. The highest BCUT2D eigenvalue weighted by Crippen LogP contribution is 2.42. The lowest BCUT2D eigenvalue weighted by Crippen LogP contribution is -2.54. The van der Waals surface area contributed by atoms with Crippen molar-refractivity contribution in [1.82, 2.24) is 14.7 Å². The van der Waals surface area contributed by atoms with Gasteiger partial charge in [0, 0.05) is 54.7 Å². The third-order valence-corrected chi connectivity index (χ3v) is 9.76. The fourth-order valence-corrected chi connectivity index (χ4v) is 7.12. The molecule has 2 saturated heterocycles. The first kappa shape index (κ1) is 30.9. The third-order valence-electron chi connectivity index (χ3n) is 9.76. The van der Waals surface area contributed by atoms with Gasteiger partial charge in [-0.15, -0.1) is 0 Å². The molecule has 0 spiro atoms. The maximum Gasteiger partial charge on any atom is 0.228 e. The second-order valence-electron chi connectivity index (χ2n) is 15.5. The molecule has 4 rings (SSSR count). The number of nitrogens with zero attached hydrogens (tertiary/aromatic N) is 3. The fraction of sp³-hybridized carbons (Fsp3) is 0.758. The number of rotatable bonds is 4. The summed E-state index contributed by atoms with van der Waals surface area (Å²) in [5.74, 6) is -1.80. The van der Waals surface area contributed by atoms with Gasteiger partial charge in [0.2, 0.25) is 11.8 Å². The topological polar surface area (TPSA) is 43.9 Å². The maximum atomic E-state index is 15.0. The van der Waals surface area contributed by atoms with Crippen molar-refractivity contribution >= 4 is 11.8 Å². The molecule has 3 fully saturated rings. The van der Waals surface area contributed by atoms with Crippen molar-refractivity contribution in [3.63, 3.8) is 0 Å². The van der Waals surface area contributed by atoms with Crippen LogP contribution in [0.2, 0.25) is 0 Å². The van der Waals surface area contributed by atoms with Gasteiger partial charge in [0.1, 0.15) is 11.6 Å². The van der Waals surface area contributed by atoms with Gasteiger partial charge in [-0.25, -0.2) is 8.78 Å². The summed E-state index contributed by atoms with van der Waals surface area (Å²) in [6.45, 7) is 20.5. The smallest absolute Gasteiger partial charge is 0.228 e. The second kappa shape index (κ2) is 11.0. The number of hydrogen-bond donors (Lipinski definition) is 0. The van der Waals surface area contributed by atoms with Crippen LogP contribution in [0.15, 0.2) is 18.2 Å². The van der Waals surface area contributed by atoms with Gasteiger partial charge in [-0.3, -0.25) is 14.5 Å². The average Bonchev–Trinajstić information content (AvgIpc) is 3.43. The summed E-state index contributed by atoms with van der Waals surface area (Å²) >= 11 is 0. The number of hydrogen-bond acceptors (Lipinski definition) is 3. The molecule has 1 aromatic rings. The van der Waals surface area contributed by atoms with Crippen LogP contribution in [0.5, 0.6) is 0 Å². The van der Waals surface area contributed by atoms with E-state index in [9.17, 15) is 14.0 Å². The van der Waals surface area contributed by atoms with Gasteiger partial charge >= 0.3 is 0 Å². The van der Waals surface area contributed by atoms with Crippen LogP contribution in [0.1, 0.15) is 106 Å². The van der Waals surface area contributed by atoms with Crippen LogP contribution < -0.4 is 0 Å². The minimum absolute atomic E-state index is 0.0170. The number of likely N-dealkylation sites (tertiary alicyclic amines) is 2. The van der Waals surface area contributed by atoms with E-state index >= 15 is 4.39 Å². The molecule has 1 unspecified atom stereocenters. The van der Waals surface area contributed by atoms with Crippen molar-refractivity contribution in [3.8, 4) is 0 Å². The van der Waals surface area contributed by atoms with E-state index < -0.39 is 23.0 Å². The lowest BCUT2D eigenvalue weighted by atomic mass is 9.74. The van der Waals surface area contributed by atoms with E-state index in [1.54, 1.807) is 0 Å².